The van der Waals surface area contributed by atoms with Gasteiger partial charge in [-0.25, -0.2) is 0 Å². The minimum Gasteiger partial charge on any atom is -0.481 e. The summed E-state index contributed by atoms with van der Waals surface area (Å²) in [6.45, 7) is 0.435. The van der Waals surface area contributed by atoms with E-state index >= 15 is 0 Å². The van der Waals surface area contributed by atoms with Crippen LogP contribution in [0, 0.1) is 0 Å². The Bertz CT molecular complexity index is 409. The highest BCUT2D eigenvalue weighted by molar-refractivity contribution is 6.33. The molecule has 1 aromatic heterocycles. The third-order valence-corrected chi connectivity index (χ3v) is 2.42. The number of carbonyl (C=O) groups excluding carboxylic acids is 1. The van der Waals surface area contributed by atoms with Crippen molar-refractivity contribution in [1.29, 1.82) is 0 Å². The van der Waals surface area contributed by atoms with Crippen LogP contribution >= 0.6 is 11.6 Å². The number of nitrogens with zero attached hydrogens (tertiary/aromatic N) is 1. The third-order valence-electron chi connectivity index (χ3n) is 2.12. The molecule has 0 fully saturated rings. The number of rotatable bonds is 6. The molecule has 0 atom stereocenters. The van der Waals surface area contributed by atoms with Gasteiger partial charge in [0, 0.05) is 25.4 Å². The Labute approximate surface area is 104 Å². The molecule has 1 rings (SSSR count). The van der Waals surface area contributed by atoms with E-state index in [1.165, 1.54) is 18.5 Å². The molecule has 1 amide bonds. The van der Waals surface area contributed by atoms with Gasteiger partial charge in [0.2, 0.25) is 0 Å². The van der Waals surface area contributed by atoms with Crippen LogP contribution in [-0.2, 0) is 4.79 Å². The number of hydrogen-bond acceptors (Lipinski definition) is 3. The van der Waals surface area contributed by atoms with Crippen LogP contribution in [0.1, 0.15) is 29.6 Å². The summed E-state index contributed by atoms with van der Waals surface area (Å²) >= 11 is 5.80. The van der Waals surface area contributed by atoms with E-state index in [1.807, 2.05) is 0 Å². The van der Waals surface area contributed by atoms with E-state index in [0.29, 0.717) is 30.0 Å². The highest BCUT2D eigenvalue weighted by Gasteiger charge is 2.08. The normalized spacial score (nSPS) is 9.94. The van der Waals surface area contributed by atoms with E-state index < -0.39 is 5.97 Å². The second-order valence-corrected chi connectivity index (χ2v) is 3.87. The van der Waals surface area contributed by atoms with Gasteiger partial charge in [-0.3, -0.25) is 14.6 Å². The molecule has 0 radical (unpaired) electrons. The summed E-state index contributed by atoms with van der Waals surface area (Å²) in [6.07, 6.45) is 4.18. The summed E-state index contributed by atoms with van der Waals surface area (Å²) < 4.78 is 0. The van der Waals surface area contributed by atoms with E-state index in [4.69, 9.17) is 16.7 Å². The molecule has 0 aliphatic carbocycles. The molecule has 0 bridgehead atoms. The number of carbonyl (C=O) groups is 2. The first kappa shape index (κ1) is 13.4. The summed E-state index contributed by atoms with van der Waals surface area (Å²) in [4.78, 5) is 25.7. The van der Waals surface area contributed by atoms with Gasteiger partial charge in [-0.15, -0.1) is 0 Å². The van der Waals surface area contributed by atoms with E-state index in [0.717, 1.165) is 0 Å². The molecule has 0 aromatic carbocycles. The molecule has 1 heterocycles. The number of aromatic nitrogens is 1. The molecule has 0 saturated heterocycles. The van der Waals surface area contributed by atoms with E-state index in [1.54, 1.807) is 0 Å². The zero-order chi connectivity index (χ0) is 12.7. The molecule has 0 unspecified atom stereocenters. The van der Waals surface area contributed by atoms with Crippen molar-refractivity contribution in [3.05, 3.63) is 29.0 Å². The number of amides is 1. The lowest BCUT2D eigenvalue weighted by Crippen LogP contribution is -2.24. The van der Waals surface area contributed by atoms with Crippen LogP contribution in [0.5, 0.6) is 0 Å². The second kappa shape index (κ2) is 6.85. The van der Waals surface area contributed by atoms with E-state index in [9.17, 15) is 9.59 Å². The molecule has 0 aliphatic heterocycles. The molecule has 6 heteroatoms. The first-order valence-corrected chi connectivity index (χ1v) is 5.58. The van der Waals surface area contributed by atoms with Crippen LogP contribution in [0.15, 0.2) is 18.5 Å². The Balaban J connectivity index is 2.31. The lowest BCUT2D eigenvalue weighted by Gasteiger charge is -2.05. The van der Waals surface area contributed by atoms with Crippen molar-refractivity contribution in [3.8, 4) is 0 Å². The second-order valence-electron chi connectivity index (χ2n) is 3.46. The van der Waals surface area contributed by atoms with Gasteiger partial charge in [0.15, 0.2) is 0 Å². The number of carboxylic acids is 1. The standard InChI is InChI=1S/C11H13ClN2O3/c12-9-7-13-6-4-8(9)11(17)14-5-2-1-3-10(15)16/h4,6-7H,1-3,5H2,(H,14,17)(H,15,16). The fraction of sp³-hybridized carbons (Fsp3) is 0.364. The van der Waals surface area contributed by atoms with Crippen LogP contribution < -0.4 is 5.32 Å². The van der Waals surface area contributed by atoms with Crippen LogP contribution in [0.3, 0.4) is 0 Å². The average molecular weight is 257 g/mol. The molecule has 5 nitrogen and oxygen atoms in total. The fourth-order valence-electron chi connectivity index (χ4n) is 1.26. The minimum atomic E-state index is -0.825. The fourth-order valence-corrected chi connectivity index (χ4v) is 1.46. The molecule has 92 valence electrons. The highest BCUT2D eigenvalue weighted by Crippen LogP contribution is 2.12. The Morgan fingerprint density at radius 1 is 1.41 bits per heavy atom. The van der Waals surface area contributed by atoms with Crippen molar-refractivity contribution in [3.63, 3.8) is 0 Å². The van der Waals surface area contributed by atoms with Crippen molar-refractivity contribution in [2.45, 2.75) is 19.3 Å². The Morgan fingerprint density at radius 2 is 2.18 bits per heavy atom. The summed E-state index contributed by atoms with van der Waals surface area (Å²) in [7, 11) is 0. The lowest BCUT2D eigenvalue weighted by atomic mass is 10.2. The summed E-state index contributed by atoms with van der Waals surface area (Å²) in [5, 5.41) is 11.4. The van der Waals surface area contributed by atoms with Crippen LogP contribution in [0.4, 0.5) is 0 Å². The SMILES string of the molecule is O=C(O)CCCCNC(=O)c1ccncc1Cl. The zero-order valence-corrected chi connectivity index (χ0v) is 9.91. The lowest BCUT2D eigenvalue weighted by molar-refractivity contribution is -0.137. The van der Waals surface area contributed by atoms with Gasteiger partial charge in [0.05, 0.1) is 10.6 Å². The molecular formula is C11H13ClN2O3. The molecule has 2 N–H and O–H groups in total. The largest absolute Gasteiger partial charge is 0.481 e. The number of pyridine rings is 1. The van der Waals surface area contributed by atoms with Crippen molar-refractivity contribution in [2.24, 2.45) is 0 Å². The Hall–Kier alpha value is -1.62. The number of nitrogens with one attached hydrogen (secondary N) is 1. The maximum absolute atomic E-state index is 11.6. The molecule has 0 saturated carbocycles. The van der Waals surface area contributed by atoms with E-state index in [2.05, 4.69) is 10.3 Å². The maximum Gasteiger partial charge on any atom is 0.303 e. The van der Waals surface area contributed by atoms with Gasteiger partial charge in [-0.2, -0.15) is 0 Å². The van der Waals surface area contributed by atoms with Gasteiger partial charge in [-0.1, -0.05) is 11.6 Å². The van der Waals surface area contributed by atoms with Crippen molar-refractivity contribution >= 4 is 23.5 Å². The van der Waals surface area contributed by atoms with Gasteiger partial charge in [0.25, 0.3) is 5.91 Å². The predicted molar refractivity (Wildman–Crippen MR) is 63.1 cm³/mol. The average Bonchev–Trinajstić information content (AvgIpc) is 2.28. The van der Waals surface area contributed by atoms with Gasteiger partial charge in [-0.05, 0) is 18.9 Å². The van der Waals surface area contributed by atoms with Crippen molar-refractivity contribution in [1.82, 2.24) is 10.3 Å². The third kappa shape index (κ3) is 4.82. The van der Waals surface area contributed by atoms with Gasteiger partial charge < -0.3 is 10.4 Å². The number of unbranched alkanes of at least 4 members (excludes halogenated alkanes) is 1. The minimum absolute atomic E-state index is 0.117. The van der Waals surface area contributed by atoms with Crippen LogP contribution in [0.2, 0.25) is 5.02 Å². The summed E-state index contributed by atoms with van der Waals surface area (Å²) in [6, 6.07) is 1.54. The highest BCUT2D eigenvalue weighted by atomic mass is 35.5. The Morgan fingerprint density at radius 3 is 2.82 bits per heavy atom. The van der Waals surface area contributed by atoms with Crippen molar-refractivity contribution < 1.29 is 14.7 Å². The monoisotopic (exact) mass is 256 g/mol. The number of hydrogen-bond donors (Lipinski definition) is 2. The summed E-state index contributed by atoms with van der Waals surface area (Å²) in [5.74, 6) is -1.10. The number of aliphatic carboxylic acids is 1. The molecule has 0 aliphatic rings. The van der Waals surface area contributed by atoms with Crippen molar-refractivity contribution in [2.75, 3.05) is 6.54 Å². The maximum atomic E-state index is 11.6. The number of carboxylic acid groups (broad SMARTS) is 1. The molecule has 17 heavy (non-hydrogen) atoms. The topological polar surface area (TPSA) is 79.3 Å². The molecule has 1 aromatic rings. The van der Waals surface area contributed by atoms with Gasteiger partial charge in [0.1, 0.15) is 0 Å². The van der Waals surface area contributed by atoms with Gasteiger partial charge >= 0.3 is 5.97 Å². The quantitative estimate of drug-likeness (QED) is 0.760. The Kier molecular flexibility index (Phi) is 5.42. The van der Waals surface area contributed by atoms with E-state index in [-0.39, 0.29) is 12.3 Å². The smallest absolute Gasteiger partial charge is 0.303 e. The summed E-state index contributed by atoms with van der Waals surface area (Å²) in [5.41, 5.74) is 0.375. The first-order valence-electron chi connectivity index (χ1n) is 5.21. The zero-order valence-electron chi connectivity index (χ0n) is 9.15. The predicted octanol–water partition coefficient (Wildman–Crippen LogP) is 1.72. The number of halogens is 1. The molecule has 0 spiro atoms. The molecular weight excluding hydrogens is 244 g/mol. The first-order chi connectivity index (χ1) is 8.11. The van der Waals surface area contributed by atoms with Crippen LogP contribution in [0.25, 0.3) is 0 Å². The van der Waals surface area contributed by atoms with Crippen LogP contribution in [-0.4, -0.2) is 28.5 Å².